The molecular formula is C34H38ClN5O6. The number of amides is 4. The molecule has 0 saturated heterocycles. The minimum atomic E-state index is -2.21. The minimum absolute atomic E-state index is 0.0325. The van der Waals surface area contributed by atoms with E-state index in [9.17, 15) is 24.0 Å². The van der Waals surface area contributed by atoms with E-state index in [-0.39, 0.29) is 35.2 Å². The third-order valence-corrected chi connectivity index (χ3v) is 8.29. The molecule has 12 heteroatoms. The lowest BCUT2D eigenvalue weighted by Gasteiger charge is -2.35. The number of fused-ring (bicyclic) bond motifs is 1. The first-order valence-electron chi connectivity index (χ1n) is 14.8. The molecule has 3 aromatic rings. The highest BCUT2D eigenvalue weighted by atomic mass is 35.5. The van der Waals surface area contributed by atoms with Crippen LogP contribution < -0.4 is 26.2 Å². The van der Waals surface area contributed by atoms with Gasteiger partial charge >= 0.3 is 12.0 Å². The smallest absolute Gasteiger partial charge is 0.338 e. The van der Waals surface area contributed by atoms with E-state index in [0.717, 1.165) is 11.1 Å². The van der Waals surface area contributed by atoms with Crippen LogP contribution in [0.5, 0.6) is 0 Å². The van der Waals surface area contributed by atoms with Crippen LogP contribution in [0, 0.1) is 19.3 Å². The summed E-state index contributed by atoms with van der Waals surface area (Å²) >= 11 is 6.20. The van der Waals surface area contributed by atoms with Crippen molar-refractivity contribution in [2.45, 2.75) is 40.3 Å². The number of nitrogens with zero attached hydrogens (tertiary/aromatic N) is 2. The first-order valence-corrected chi connectivity index (χ1v) is 15.3. The average molecular weight is 648 g/mol. The number of alkyl halides is 1. The average Bonchev–Trinajstić information content (AvgIpc) is 3.09. The molecular weight excluding hydrogens is 610 g/mol. The van der Waals surface area contributed by atoms with Crippen LogP contribution in [0.15, 0.2) is 66.7 Å². The maximum Gasteiger partial charge on any atom is 0.338 e. The van der Waals surface area contributed by atoms with Gasteiger partial charge in [-0.05, 0) is 76.1 Å². The van der Waals surface area contributed by atoms with E-state index in [4.69, 9.17) is 22.1 Å². The molecule has 1 atom stereocenters. The Bertz CT molecular complexity index is 1690. The number of benzene rings is 3. The number of urea groups is 1. The van der Waals surface area contributed by atoms with Crippen molar-refractivity contribution >= 4 is 58.3 Å². The lowest BCUT2D eigenvalue weighted by atomic mass is 9.93. The summed E-state index contributed by atoms with van der Waals surface area (Å²) in [6.45, 7) is 7.91. The molecule has 4 N–H and O–H groups in total. The van der Waals surface area contributed by atoms with E-state index in [2.05, 4.69) is 10.6 Å². The van der Waals surface area contributed by atoms with Crippen LogP contribution in [0.25, 0.3) is 0 Å². The zero-order chi connectivity index (χ0) is 33.8. The maximum atomic E-state index is 14.5. The van der Waals surface area contributed by atoms with Crippen molar-refractivity contribution in [3.8, 4) is 0 Å². The largest absolute Gasteiger partial charge is 0.462 e. The number of ketones is 1. The number of hydrogen-bond acceptors (Lipinski definition) is 7. The van der Waals surface area contributed by atoms with Crippen molar-refractivity contribution in [1.29, 1.82) is 0 Å². The van der Waals surface area contributed by atoms with E-state index in [1.165, 1.54) is 21.9 Å². The fourth-order valence-corrected chi connectivity index (χ4v) is 5.22. The standard InChI is InChI=1S/C34H38ClN5O6/c1-6-46-29(42)23-11-9-12-24(17-23)37-32(45)38-34(36)20-40(30(43)33(4,5)19-35)26-15-14-21(2)16-27(26)39(31(34)44)18-28(41)25-13-8-7-10-22(25)3/h7-17H,6,18-20,36H2,1-5H3,(H2,37,38,45). The number of rotatable bonds is 9. The van der Waals surface area contributed by atoms with Gasteiger partial charge in [-0.15, -0.1) is 11.6 Å². The van der Waals surface area contributed by atoms with Crippen molar-refractivity contribution in [1.82, 2.24) is 5.32 Å². The molecule has 1 aliphatic rings. The molecule has 11 nitrogen and oxygen atoms in total. The summed E-state index contributed by atoms with van der Waals surface area (Å²) in [6.07, 6.45) is 0. The van der Waals surface area contributed by atoms with Gasteiger partial charge in [0.1, 0.15) is 0 Å². The summed E-state index contributed by atoms with van der Waals surface area (Å²) in [5.41, 5.74) is 6.44. The van der Waals surface area contributed by atoms with E-state index in [1.807, 2.05) is 6.92 Å². The zero-order valence-electron chi connectivity index (χ0n) is 26.5. The van der Waals surface area contributed by atoms with Crippen molar-refractivity contribution in [3.05, 3.63) is 89.0 Å². The number of anilines is 3. The van der Waals surface area contributed by atoms with Crippen LogP contribution in [-0.4, -0.2) is 60.8 Å². The Morgan fingerprint density at radius 2 is 1.72 bits per heavy atom. The number of esters is 1. The highest BCUT2D eigenvalue weighted by Gasteiger charge is 2.48. The van der Waals surface area contributed by atoms with Gasteiger partial charge in [-0.1, -0.05) is 36.4 Å². The van der Waals surface area contributed by atoms with Gasteiger partial charge in [0.15, 0.2) is 11.4 Å². The molecule has 0 aliphatic carbocycles. The number of carbonyl (C=O) groups excluding carboxylic acids is 5. The van der Waals surface area contributed by atoms with Gasteiger partial charge in [-0.2, -0.15) is 0 Å². The van der Waals surface area contributed by atoms with Gasteiger partial charge in [-0.25, -0.2) is 9.59 Å². The van der Waals surface area contributed by atoms with Gasteiger partial charge in [-0.3, -0.25) is 25.0 Å². The summed E-state index contributed by atoms with van der Waals surface area (Å²) < 4.78 is 5.03. The van der Waals surface area contributed by atoms with Crippen LogP contribution in [0.1, 0.15) is 52.6 Å². The topological polar surface area (TPSA) is 151 Å². The maximum absolute atomic E-state index is 14.5. The van der Waals surface area contributed by atoms with Crippen molar-refractivity contribution < 1.29 is 28.7 Å². The molecule has 4 rings (SSSR count). The lowest BCUT2D eigenvalue weighted by Crippen LogP contribution is -2.71. The molecule has 0 radical (unpaired) electrons. The molecule has 0 aromatic heterocycles. The second-order valence-electron chi connectivity index (χ2n) is 11.9. The molecule has 242 valence electrons. The monoisotopic (exact) mass is 647 g/mol. The van der Waals surface area contributed by atoms with Crippen molar-refractivity contribution in [3.63, 3.8) is 0 Å². The van der Waals surface area contributed by atoms with E-state index in [0.29, 0.717) is 11.3 Å². The van der Waals surface area contributed by atoms with Crippen LogP contribution >= 0.6 is 11.6 Å². The van der Waals surface area contributed by atoms with Gasteiger partial charge in [0, 0.05) is 17.1 Å². The predicted molar refractivity (Wildman–Crippen MR) is 177 cm³/mol. The van der Waals surface area contributed by atoms with E-state index < -0.39 is 48.0 Å². The minimum Gasteiger partial charge on any atom is -0.462 e. The van der Waals surface area contributed by atoms with Gasteiger partial charge in [0.25, 0.3) is 5.91 Å². The molecule has 4 amide bonds. The number of aryl methyl sites for hydroxylation is 2. The number of carbonyl (C=O) groups is 5. The number of nitrogens with two attached hydrogens (primary N) is 1. The van der Waals surface area contributed by atoms with E-state index in [1.54, 1.807) is 82.3 Å². The third-order valence-electron chi connectivity index (χ3n) is 7.62. The molecule has 1 heterocycles. The molecule has 1 unspecified atom stereocenters. The predicted octanol–water partition coefficient (Wildman–Crippen LogP) is 4.78. The first-order chi connectivity index (χ1) is 21.7. The Morgan fingerprint density at radius 3 is 2.39 bits per heavy atom. The van der Waals surface area contributed by atoms with Crippen LogP contribution in [-0.2, 0) is 14.3 Å². The fraction of sp³-hybridized carbons (Fsp3) is 0.324. The number of ether oxygens (including phenoxy) is 1. The number of Topliss-reactive ketones (excluding diaryl/α,β-unsaturated/α-hetero) is 1. The summed E-state index contributed by atoms with van der Waals surface area (Å²) in [7, 11) is 0. The normalized spacial score (nSPS) is 16.3. The van der Waals surface area contributed by atoms with E-state index >= 15 is 0 Å². The first kappa shape index (κ1) is 34.1. The number of nitrogens with one attached hydrogen (secondary N) is 2. The SMILES string of the molecule is CCOC(=O)c1cccc(NC(=O)NC2(N)CN(C(=O)C(C)(C)CCl)c3ccc(C)cc3N(CC(=O)c3ccccc3C)C2=O)c1. The van der Waals surface area contributed by atoms with Crippen molar-refractivity contribution in [2.75, 3.05) is 40.7 Å². The zero-order valence-corrected chi connectivity index (χ0v) is 27.2. The Kier molecular flexibility index (Phi) is 10.2. The molecule has 0 fully saturated rings. The van der Waals surface area contributed by atoms with Crippen LogP contribution in [0.3, 0.4) is 0 Å². The van der Waals surface area contributed by atoms with Gasteiger partial charge in [0.05, 0.1) is 42.0 Å². The molecule has 0 bridgehead atoms. The second kappa shape index (κ2) is 13.7. The van der Waals surface area contributed by atoms with Gasteiger partial charge in [0.2, 0.25) is 5.91 Å². The van der Waals surface area contributed by atoms with Crippen LogP contribution in [0.4, 0.5) is 21.9 Å². The Balaban J connectivity index is 1.77. The summed E-state index contributed by atoms with van der Waals surface area (Å²) in [5.74, 6) is -2.21. The highest BCUT2D eigenvalue weighted by Crippen LogP contribution is 2.38. The van der Waals surface area contributed by atoms with Crippen molar-refractivity contribution in [2.24, 2.45) is 11.1 Å². The Labute approximate surface area is 273 Å². The Morgan fingerprint density at radius 1 is 1.00 bits per heavy atom. The quantitative estimate of drug-likeness (QED) is 0.131. The number of halogens is 1. The second-order valence-corrected chi connectivity index (χ2v) is 12.1. The third kappa shape index (κ3) is 7.21. The molecule has 3 aromatic carbocycles. The summed E-state index contributed by atoms with van der Waals surface area (Å²) in [5, 5.41) is 5.15. The molecule has 46 heavy (non-hydrogen) atoms. The fourth-order valence-electron chi connectivity index (χ4n) is 5.10. The lowest BCUT2D eigenvalue weighted by molar-refractivity contribution is -0.126. The molecule has 0 saturated carbocycles. The Hall–Kier alpha value is -4.74. The molecule has 1 aliphatic heterocycles. The van der Waals surface area contributed by atoms with Gasteiger partial charge < -0.3 is 20.3 Å². The van der Waals surface area contributed by atoms with Crippen LogP contribution in [0.2, 0.25) is 0 Å². The summed E-state index contributed by atoms with van der Waals surface area (Å²) in [4.78, 5) is 70.3. The number of hydrogen-bond donors (Lipinski definition) is 3. The molecule has 0 spiro atoms. The summed E-state index contributed by atoms with van der Waals surface area (Å²) in [6, 6.07) is 17.3. The highest BCUT2D eigenvalue weighted by molar-refractivity contribution is 6.21.